The van der Waals surface area contributed by atoms with Crippen molar-refractivity contribution in [3.63, 3.8) is 0 Å². The zero-order valence-corrected chi connectivity index (χ0v) is 28.1. The van der Waals surface area contributed by atoms with E-state index in [1.54, 1.807) is 40.8 Å². The first-order chi connectivity index (χ1) is 24.6. The summed E-state index contributed by atoms with van der Waals surface area (Å²) in [6.07, 6.45) is -7.66. The maximum absolute atomic E-state index is 13.5. The Morgan fingerprint density at radius 2 is 1.58 bits per heavy atom. The third-order valence-electron chi connectivity index (χ3n) is 8.39. The van der Waals surface area contributed by atoms with Gasteiger partial charge < -0.3 is 24.3 Å². The summed E-state index contributed by atoms with van der Waals surface area (Å²) in [7, 11) is 1.79. The molecule has 2 aromatic heterocycles. The fourth-order valence-electron chi connectivity index (χ4n) is 5.67. The first-order valence-corrected chi connectivity index (χ1v) is 16.2. The normalized spacial score (nSPS) is 14.0. The van der Waals surface area contributed by atoms with Gasteiger partial charge in [-0.1, -0.05) is 23.7 Å². The van der Waals surface area contributed by atoms with Gasteiger partial charge in [0.05, 0.1) is 33.6 Å². The number of piperazine rings is 1. The van der Waals surface area contributed by atoms with Gasteiger partial charge >= 0.3 is 12.4 Å². The van der Waals surface area contributed by atoms with Crippen molar-refractivity contribution in [1.29, 1.82) is 0 Å². The van der Waals surface area contributed by atoms with Gasteiger partial charge in [-0.25, -0.2) is 4.98 Å². The summed E-state index contributed by atoms with van der Waals surface area (Å²) in [6, 6.07) is 19.1. The Balaban J connectivity index is 1.03. The molecule has 1 aliphatic rings. The number of benzene rings is 3. The second kappa shape index (κ2) is 14.8. The van der Waals surface area contributed by atoms with Crippen LogP contribution in [0, 0.1) is 0 Å². The number of hydrogen-bond acceptors (Lipinski definition) is 6. The second-order valence-electron chi connectivity index (χ2n) is 12.1. The van der Waals surface area contributed by atoms with Crippen LogP contribution in [0.5, 0.6) is 17.4 Å². The highest BCUT2D eigenvalue weighted by molar-refractivity contribution is 6.34. The molecule has 0 bridgehead atoms. The monoisotopic (exact) mass is 745 g/mol. The Hall–Kier alpha value is -5.28. The molecule has 9 nitrogen and oxygen atoms in total. The van der Waals surface area contributed by atoms with E-state index in [1.165, 1.54) is 30.5 Å². The second-order valence-corrected chi connectivity index (χ2v) is 12.5. The van der Waals surface area contributed by atoms with E-state index in [2.05, 4.69) is 15.2 Å². The van der Waals surface area contributed by atoms with Crippen molar-refractivity contribution in [1.82, 2.24) is 19.4 Å². The van der Waals surface area contributed by atoms with Crippen molar-refractivity contribution in [2.24, 2.45) is 7.05 Å². The van der Waals surface area contributed by atoms with E-state index >= 15 is 0 Å². The van der Waals surface area contributed by atoms with Crippen LogP contribution in [0.1, 0.15) is 32.0 Å². The van der Waals surface area contributed by atoms with Crippen LogP contribution in [0.2, 0.25) is 5.02 Å². The molecule has 1 saturated heterocycles. The molecule has 3 aromatic carbocycles. The lowest BCUT2D eigenvalue weighted by Crippen LogP contribution is -2.48. The summed E-state index contributed by atoms with van der Waals surface area (Å²) in [5.74, 6) is -0.0290. The van der Waals surface area contributed by atoms with Gasteiger partial charge in [0.2, 0.25) is 5.88 Å². The van der Waals surface area contributed by atoms with E-state index in [-0.39, 0.29) is 33.8 Å². The summed E-state index contributed by atoms with van der Waals surface area (Å²) in [5.41, 5.74) is 1.34. The molecule has 1 fully saturated rings. The number of halogens is 7. The van der Waals surface area contributed by atoms with E-state index in [0.717, 1.165) is 28.6 Å². The number of hydrogen-bond donors (Lipinski definition) is 1. The van der Waals surface area contributed by atoms with Crippen LogP contribution in [0.3, 0.4) is 0 Å². The average molecular weight is 746 g/mol. The SMILES string of the molecule is Cn1c(C(=O)N2CCN(Cc3ccc(OCC(F)(F)F)cc3)CC2)cc2ccc(Oc3ccc(NC(=O)c4ccc(C(F)(F)F)cc4Cl)cn3)cc21. The van der Waals surface area contributed by atoms with Crippen LogP contribution >= 0.6 is 11.6 Å². The zero-order valence-electron chi connectivity index (χ0n) is 27.4. The van der Waals surface area contributed by atoms with Crippen LogP contribution in [0.15, 0.2) is 85.1 Å². The standard InChI is InChI=1S/C36H30ClF6N5O4/c1-46-30-18-27(52-32-11-6-25(19-44-32)45-33(49)28-10-5-24(17-29(28)37)36(41,42)43)9-4-23(30)16-31(46)34(50)48-14-12-47(13-15-48)20-22-2-7-26(8-3-22)51-21-35(38,39)40/h2-11,16-19H,12-15,20-21H2,1H3,(H,45,49). The van der Waals surface area contributed by atoms with Crippen molar-refractivity contribution >= 4 is 40.0 Å². The van der Waals surface area contributed by atoms with Crippen molar-refractivity contribution in [2.75, 3.05) is 38.1 Å². The number of nitrogens with one attached hydrogen (secondary N) is 1. The summed E-state index contributed by atoms with van der Waals surface area (Å²) in [4.78, 5) is 34.3. The van der Waals surface area contributed by atoms with Gasteiger partial charge in [-0.15, -0.1) is 0 Å². The highest BCUT2D eigenvalue weighted by atomic mass is 35.5. The lowest BCUT2D eigenvalue weighted by molar-refractivity contribution is -0.153. The number of aryl methyl sites for hydroxylation is 1. The molecule has 0 unspecified atom stereocenters. The number of amides is 2. The summed E-state index contributed by atoms with van der Waals surface area (Å²) in [5, 5.41) is 3.03. The number of carbonyl (C=O) groups excluding carboxylic acids is 2. The number of fused-ring (bicyclic) bond motifs is 1. The topological polar surface area (TPSA) is 88.9 Å². The van der Waals surface area contributed by atoms with E-state index < -0.39 is 30.4 Å². The number of anilines is 1. The molecule has 5 aromatic rings. The Bertz CT molecular complexity index is 2080. The Kier molecular flexibility index (Phi) is 10.4. The molecular formula is C36H30ClF6N5O4. The van der Waals surface area contributed by atoms with Crippen molar-refractivity contribution < 1.29 is 45.4 Å². The van der Waals surface area contributed by atoms with Crippen LogP contribution in [-0.4, -0.2) is 70.1 Å². The lowest BCUT2D eigenvalue weighted by Gasteiger charge is -2.34. The minimum absolute atomic E-state index is 0.121. The summed E-state index contributed by atoms with van der Waals surface area (Å²) < 4.78 is 88.5. The fourth-order valence-corrected chi connectivity index (χ4v) is 5.94. The number of aromatic nitrogens is 2. The Morgan fingerprint density at radius 3 is 2.21 bits per heavy atom. The molecule has 0 atom stereocenters. The summed E-state index contributed by atoms with van der Waals surface area (Å²) >= 11 is 5.93. The molecule has 16 heteroatoms. The van der Waals surface area contributed by atoms with Crippen molar-refractivity contribution in [2.45, 2.75) is 18.9 Å². The molecule has 52 heavy (non-hydrogen) atoms. The lowest BCUT2D eigenvalue weighted by atomic mass is 10.1. The Labute approximate surface area is 298 Å². The molecule has 1 N–H and O–H groups in total. The maximum Gasteiger partial charge on any atom is 0.422 e. The summed E-state index contributed by atoms with van der Waals surface area (Å²) in [6.45, 7) is 1.49. The van der Waals surface area contributed by atoms with Crippen LogP contribution < -0.4 is 14.8 Å². The number of ether oxygens (including phenoxy) is 2. The number of carbonyl (C=O) groups is 2. The molecule has 1 aliphatic heterocycles. The smallest absolute Gasteiger partial charge is 0.422 e. The van der Waals surface area contributed by atoms with Gasteiger partial charge in [0.1, 0.15) is 17.2 Å². The highest BCUT2D eigenvalue weighted by Crippen LogP contribution is 2.33. The molecule has 0 spiro atoms. The maximum atomic E-state index is 13.5. The van der Waals surface area contributed by atoms with Gasteiger partial charge in [0.25, 0.3) is 11.8 Å². The van der Waals surface area contributed by atoms with Crippen LogP contribution in [0.4, 0.5) is 32.0 Å². The van der Waals surface area contributed by atoms with Gasteiger partial charge in [0.15, 0.2) is 6.61 Å². The average Bonchev–Trinajstić information content (AvgIpc) is 3.43. The number of nitrogens with zero attached hydrogens (tertiary/aromatic N) is 4. The third kappa shape index (κ3) is 8.77. The molecular weight excluding hydrogens is 716 g/mol. The van der Waals surface area contributed by atoms with Crippen molar-refractivity contribution in [3.8, 4) is 17.4 Å². The fraction of sp³-hybridized carbons (Fsp3) is 0.250. The molecule has 0 radical (unpaired) electrons. The first kappa shape index (κ1) is 36.5. The first-order valence-electron chi connectivity index (χ1n) is 15.8. The number of rotatable bonds is 9. The molecule has 6 rings (SSSR count). The minimum atomic E-state index is -4.59. The largest absolute Gasteiger partial charge is 0.484 e. The van der Waals surface area contributed by atoms with E-state index in [1.807, 2.05) is 12.1 Å². The molecule has 0 aliphatic carbocycles. The van der Waals surface area contributed by atoms with Gasteiger partial charge in [-0.2, -0.15) is 26.3 Å². The van der Waals surface area contributed by atoms with Gasteiger partial charge in [-0.05, 0) is 60.2 Å². The van der Waals surface area contributed by atoms with Crippen LogP contribution in [0.25, 0.3) is 10.9 Å². The number of pyridine rings is 1. The molecule has 3 heterocycles. The predicted octanol–water partition coefficient (Wildman–Crippen LogP) is 8.19. The van der Waals surface area contributed by atoms with Crippen molar-refractivity contribution in [3.05, 3.63) is 112 Å². The third-order valence-corrected chi connectivity index (χ3v) is 8.70. The molecule has 2 amide bonds. The molecule has 0 saturated carbocycles. The van der Waals surface area contributed by atoms with Crippen LogP contribution in [-0.2, 0) is 19.8 Å². The number of alkyl halides is 6. The Morgan fingerprint density at radius 1 is 0.865 bits per heavy atom. The minimum Gasteiger partial charge on any atom is -0.484 e. The van der Waals surface area contributed by atoms with Gasteiger partial charge in [-0.3, -0.25) is 14.5 Å². The van der Waals surface area contributed by atoms with E-state index in [4.69, 9.17) is 21.1 Å². The van der Waals surface area contributed by atoms with E-state index in [0.29, 0.717) is 50.2 Å². The quantitative estimate of drug-likeness (QED) is 0.153. The zero-order chi connectivity index (χ0) is 37.2. The predicted molar refractivity (Wildman–Crippen MR) is 181 cm³/mol. The van der Waals surface area contributed by atoms with Gasteiger partial charge in [0, 0.05) is 57.3 Å². The molecule has 272 valence electrons. The van der Waals surface area contributed by atoms with E-state index in [9.17, 15) is 35.9 Å². The highest BCUT2D eigenvalue weighted by Gasteiger charge is 2.32.